The summed E-state index contributed by atoms with van der Waals surface area (Å²) in [5, 5.41) is 0.627. The third-order valence-electron chi connectivity index (χ3n) is 3.69. The Bertz CT molecular complexity index is 737. The highest BCUT2D eigenvalue weighted by Crippen LogP contribution is 2.21. The molecule has 0 saturated carbocycles. The number of carbonyl (C=O) groups is 2. The van der Waals surface area contributed by atoms with Crippen LogP contribution in [0.2, 0.25) is 5.02 Å². The Morgan fingerprint density at radius 1 is 1.11 bits per heavy atom. The summed E-state index contributed by atoms with van der Waals surface area (Å²) in [6, 6.07) is 5.27. The van der Waals surface area contributed by atoms with Gasteiger partial charge in [-0.15, -0.1) is 0 Å². The lowest BCUT2D eigenvalue weighted by atomic mass is 10.2. The molecular formula is C18H27ClN2O5S. The summed E-state index contributed by atoms with van der Waals surface area (Å²) in [7, 11) is -3.45. The molecule has 0 bridgehead atoms. The number of aryl methyl sites for hydroxylation is 1. The standard InChI is InChI=1S/C18H27ClN2O5S/c1-3-4-5-11-27(24,25)13-18(23)21-20-17(22)7-6-10-26-16-9-8-15(19)12-14(16)2/h8-9,12H,3-7,10-11,13H2,1-2H3,(H,20,22)(H,21,23). The first kappa shape index (κ1) is 23.2. The van der Waals surface area contributed by atoms with E-state index in [0.717, 1.165) is 18.4 Å². The third kappa shape index (κ3) is 10.2. The van der Waals surface area contributed by atoms with E-state index in [1.54, 1.807) is 18.2 Å². The maximum Gasteiger partial charge on any atom is 0.253 e. The predicted molar refractivity (Wildman–Crippen MR) is 105 cm³/mol. The van der Waals surface area contributed by atoms with Crippen molar-refractivity contribution in [3.8, 4) is 5.75 Å². The molecule has 7 nitrogen and oxygen atoms in total. The van der Waals surface area contributed by atoms with Gasteiger partial charge >= 0.3 is 0 Å². The van der Waals surface area contributed by atoms with E-state index in [2.05, 4.69) is 10.9 Å². The Balaban J connectivity index is 2.22. The van der Waals surface area contributed by atoms with Gasteiger partial charge in [0.2, 0.25) is 5.91 Å². The molecule has 9 heteroatoms. The lowest BCUT2D eigenvalue weighted by molar-refractivity contribution is -0.127. The van der Waals surface area contributed by atoms with Gasteiger partial charge < -0.3 is 4.74 Å². The largest absolute Gasteiger partial charge is 0.493 e. The highest BCUT2D eigenvalue weighted by atomic mass is 35.5. The normalized spacial score (nSPS) is 11.1. The molecule has 27 heavy (non-hydrogen) atoms. The van der Waals surface area contributed by atoms with Crippen molar-refractivity contribution in [2.45, 2.75) is 46.0 Å². The fraction of sp³-hybridized carbons (Fsp3) is 0.556. The number of benzene rings is 1. The highest BCUT2D eigenvalue weighted by Gasteiger charge is 2.16. The van der Waals surface area contributed by atoms with Gasteiger partial charge in [0.25, 0.3) is 5.91 Å². The van der Waals surface area contributed by atoms with Crippen molar-refractivity contribution in [3.63, 3.8) is 0 Å². The summed E-state index contributed by atoms with van der Waals surface area (Å²) in [5.74, 6) is -1.11. The van der Waals surface area contributed by atoms with E-state index >= 15 is 0 Å². The van der Waals surface area contributed by atoms with Crippen LogP contribution in [0, 0.1) is 6.92 Å². The van der Waals surface area contributed by atoms with Gasteiger partial charge in [-0.05, 0) is 43.5 Å². The molecule has 1 aromatic carbocycles. The fourth-order valence-corrected chi connectivity index (χ4v) is 3.76. The molecule has 0 radical (unpaired) electrons. The maximum atomic E-state index is 11.8. The molecule has 2 N–H and O–H groups in total. The van der Waals surface area contributed by atoms with Crippen molar-refractivity contribution in [1.82, 2.24) is 10.9 Å². The van der Waals surface area contributed by atoms with Gasteiger partial charge in [0.05, 0.1) is 12.4 Å². The lowest BCUT2D eigenvalue weighted by Crippen LogP contribution is -2.44. The zero-order valence-electron chi connectivity index (χ0n) is 15.7. The minimum Gasteiger partial charge on any atom is -0.493 e. The molecule has 0 heterocycles. The van der Waals surface area contributed by atoms with Crippen molar-refractivity contribution in [2.24, 2.45) is 0 Å². The van der Waals surface area contributed by atoms with Crippen molar-refractivity contribution in [3.05, 3.63) is 28.8 Å². The van der Waals surface area contributed by atoms with Crippen LogP contribution in [0.1, 0.15) is 44.6 Å². The van der Waals surface area contributed by atoms with Gasteiger partial charge in [0.1, 0.15) is 11.5 Å². The minimum atomic E-state index is -3.45. The Labute approximate surface area is 165 Å². The summed E-state index contributed by atoms with van der Waals surface area (Å²) < 4.78 is 29.1. The van der Waals surface area contributed by atoms with Crippen molar-refractivity contribution in [1.29, 1.82) is 0 Å². The average molecular weight is 419 g/mol. The number of carbonyl (C=O) groups excluding carboxylic acids is 2. The molecule has 152 valence electrons. The molecule has 0 aromatic heterocycles. The van der Waals surface area contributed by atoms with Crippen LogP contribution in [0.25, 0.3) is 0 Å². The quantitative estimate of drug-likeness (QED) is 0.424. The number of nitrogens with one attached hydrogen (secondary N) is 2. The molecule has 0 fully saturated rings. The first-order valence-corrected chi connectivity index (χ1v) is 11.1. The topological polar surface area (TPSA) is 102 Å². The Morgan fingerprint density at radius 2 is 1.81 bits per heavy atom. The third-order valence-corrected chi connectivity index (χ3v) is 5.54. The number of amides is 2. The molecule has 0 atom stereocenters. The second-order valence-electron chi connectivity index (χ2n) is 6.26. The number of ether oxygens (including phenoxy) is 1. The number of sulfone groups is 1. The summed E-state index contributed by atoms with van der Waals surface area (Å²) in [6.45, 7) is 4.17. The molecule has 0 saturated heterocycles. The first-order chi connectivity index (χ1) is 12.7. The molecule has 2 amide bonds. The molecule has 0 aliphatic heterocycles. The Hall–Kier alpha value is -1.80. The van der Waals surface area contributed by atoms with Crippen LogP contribution >= 0.6 is 11.6 Å². The number of halogens is 1. The molecule has 0 aliphatic rings. The number of rotatable bonds is 11. The van der Waals surface area contributed by atoms with Crippen LogP contribution in [0.15, 0.2) is 18.2 Å². The first-order valence-electron chi connectivity index (χ1n) is 8.90. The minimum absolute atomic E-state index is 0.0241. The van der Waals surface area contributed by atoms with Crippen LogP contribution < -0.4 is 15.6 Å². The molecule has 0 aliphatic carbocycles. The molecule has 1 aromatic rings. The number of hydrogen-bond acceptors (Lipinski definition) is 5. The van der Waals surface area contributed by atoms with Crippen LogP contribution in [-0.2, 0) is 19.4 Å². The summed E-state index contributed by atoms with van der Waals surface area (Å²) in [6.07, 6.45) is 2.81. The average Bonchev–Trinajstić information content (AvgIpc) is 2.58. The molecule has 0 unspecified atom stereocenters. The van der Waals surface area contributed by atoms with E-state index in [-0.39, 0.29) is 12.2 Å². The van der Waals surface area contributed by atoms with Gasteiger partial charge in [-0.2, -0.15) is 0 Å². The Kier molecular flexibility index (Phi) is 10.2. The second-order valence-corrected chi connectivity index (χ2v) is 8.88. The summed E-state index contributed by atoms with van der Waals surface area (Å²) >= 11 is 5.87. The van der Waals surface area contributed by atoms with Gasteiger partial charge in [0.15, 0.2) is 9.84 Å². The fourth-order valence-electron chi connectivity index (χ4n) is 2.27. The van der Waals surface area contributed by atoms with E-state index in [0.29, 0.717) is 30.2 Å². The van der Waals surface area contributed by atoms with E-state index in [4.69, 9.17) is 16.3 Å². The van der Waals surface area contributed by atoms with E-state index in [1.165, 1.54) is 0 Å². The van der Waals surface area contributed by atoms with E-state index < -0.39 is 27.4 Å². The van der Waals surface area contributed by atoms with Crippen LogP contribution in [0.4, 0.5) is 0 Å². The van der Waals surface area contributed by atoms with Gasteiger partial charge in [-0.25, -0.2) is 8.42 Å². The SMILES string of the molecule is CCCCCS(=O)(=O)CC(=O)NNC(=O)CCCOc1ccc(Cl)cc1C. The highest BCUT2D eigenvalue weighted by molar-refractivity contribution is 7.92. The van der Waals surface area contributed by atoms with Crippen LogP contribution in [0.3, 0.4) is 0 Å². The maximum absolute atomic E-state index is 11.8. The lowest BCUT2D eigenvalue weighted by Gasteiger charge is -2.10. The second kappa shape index (κ2) is 11.8. The molecule has 1 rings (SSSR count). The van der Waals surface area contributed by atoms with Crippen molar-refractivity contribution in [2.75, 3.05) is 18.1 Å². The van der Waals surface area contributed by atoms with Crippen LogP contribution in [-0.4, -0.2) is 38.3 Å². The zero-order chi connectivity index (χ0) is 20.3. The van der Waals surface area contributed by atoms with E-state index in [1.807, 2.05) is 13.8 Å². The molecule has 0 spiro atoms. The monoisotopic (exact) mass is 418 g/mol. The van der Waals surface area contributed by atoms with Crippen molar-refractivity contribution >= 4 is 33.3 Å². The number of unbranched alkanes of at least 4 members (excludes halogenated alkanes) is 2. The number of hydrazine groups is 1. The smallest absolute Gasteiger partial charge is 0.253 e. The van der Waals surface area contributed by atoms with Gasteiger partial charge in [-0.1, -0.05) is 31.4 Å². The van der Waals surface area contributed by atoms with Gasteiger partial charge in [-0.3, -0.25) is 20.4 Å². The molecular weight excluding hydrogens is 392 g/mol. The summed E-state index contributed by atoms with van der Waals surface area (Å²) in [5.41, 5.74) is 5.25. The predicted octanol–water partition coefficient (Wildman–Crippen LogP) is 2.56. The zero-order valence-corrected chi connectivity index (χ0v) is 17.3. The van der Waals surface area contributed by atoms with E-state index in [9.17, 15) is 18.0 Å². The Morgan fingerprint density at radius 3 is 2.48 bits per heavy atom. The van der Waals surface area contributed by atoms with Crippen molar-refractivity contribution < 1.29 is 22.7 Å². The van der Waals surface area contributed by atoms with Gasteiger partial charge in [0, 0.05) is 11.4 Å². The summed E-state index contributed by atoms with van der Waals surface area (Å²) in [4.78, 5) is 23.3. The van der Waals surface area contributed by atoms with Crippen LogP contribution in [0.5, 0.6) is 5.75 Å². The number of hydrogen-bond donors (Lipinski definition) is 2.